The van der Waals surface area contributed by atoms with Gasteiger partial charge in [0.1, 0.15) is 0 Å². The summed E-state index contributed by atoms with van der Waals surface area (Å²) in [5.74, 6) is -0.424. The van der Waals surface area contributed by atoms with E-state index in [9.17, 15) is 13.2 Å². The summed E-state index contributed by atoms with van der Waals surface area (Å²) in [7, 11) is -2.86. The molecule has 0 amide bonds. The average Bonchev–Trinajstić information content (AvgIpc) is 3.05. The molecular weight excluding hydrogens is 426 g/mol. The van der Waals surface area contributed by atoms with Crippen LogP contribution in [0, 0.1) is 13.8 Å². The van der Waals surface area contributed by atoms with Crippen LogP contribution in [0.1, 0.15) is 21.6 Å². The molecule has 0 aliphatic heterocycles. The predicted octanol–water partition coefficient (Wildman–Crippen LogP) is 2.09. The normalized spacial score (nSPS) is 11.5. The van der Waals surface area contributed by atoms with Gasteiger partial charge in [0.25, 0.3) is 21.0 Å². The molecule has 9 nitrogen and oxygen atoms in total. The Morgan fingerprint density at radius 2 is 2.00 bits per heavy atom. The van der Waals surface area contributed by atoms with Crippen molar-refractivity contribution in [3.05, 3.63) is 45.7 Å². The Balaban J connectivity index is 2.07. The first-order valence-electron chi connectivity index (χ1n) is 7.33. The number of nitrogens with one attached hydrogen (secondary N) is 1. The van der Waals surface area contributed by atoms with Gasteiger partial charge in [-0.1, -0.05) is 6.07 Å². The lowest BCUT2D eigenvalue weighted by molar-refractivity contribution is 0.0599. The fraction of sp³-hybridized carbons (Fsp3) is 0.200. The van der Waals surface area contributed by atoms with Crippen LogP contribution in [0.25, 0.3) is 5.78 Å². The number of anilines is 1. The zero-order chi connectivity index (χ0) is 19.1. The Hall–Kier alpha value is -2.53. The van der Waals surface area contributed by atoms with Crippen LogP contribution >= 0.6 is 15.9 Å². The van der Waals surface area contributed by atoms with Crippen molar-refractivity contribution in [3.63, 3.8) is 0 Å². The van der Waals surface area contributed by atoms with E-state index in [-0.39, 0.29) is 21.5 Å². The van der Waals surface area contributed by atoms with Crippen molar-refractivity contribution in [2.75, 3.05) is 11.8 Å². The third kappa shape index (κ3) is 3.15. The summed E-state index contributed by atoms with van der Waals surface area (Å²) in [5.41, 5.74) is 1.69. The lowest BCUT2D eigenvalue weighted by atomic mass is 10.1. The molecule has 0 fully saturated rings. The number of fused-ring (bicyclic) bond motifs is 1. The number of aromatic nitrogens is 4. The summed E-state index contributed by atoms with van der Waals surface area (Å²) >= 11 is 3.26. The van der Waals surface area contributed by atoms with Gasteiger partial charge in [0.15, 0.2) is 0 Å². The number of sulfonamides is 1. The molecule has 136 valence electrons. The largest absolute Gasteiger partial charge is 0.465 e. The molecule has 3 aromatic rings. The van der Waals surface area contributed by atoms with Crippen molar-refractivity contribution in [1.29, 1.82) is 0 Å². The number of hydrogen-bond acceptors (Lipinski definition) is 7. The molecule has 0 saturated carbocycles. The topological polar surface area (TPSA) is 116 Å². The molecule has 0 bridgehead atoms. The predicted molar refractivity (Wildman–Crippen MR) is 96.5 cm³/mol. The second kappa shape index (κ2) is 6.65. The molecule has 3 rings (SSSR count). The smallest absolute Gasteiger partial charge is 0.339 e. The van der Waals surface area contributed by atoms with Crippen LogP contribution in [-0.2, 0) is 14.8 Å². The maximum atomic E-state index is 12.7. The van der Waals surface area contributed by atoms with Crippen LogP contribution in [0.3, 0.4) is 0 Å². The van der Waals surface area contributed by atoms with E-state index in [0.29, 0.717) is 11.3 Å². The van der Waals surface area contributed by atoms with Gasteiger partial charge in [-0.3, -0.25) is 4.72 Å². The fourth-order valence-electron chi connectivity index (χ4n) is 2.25. The Morgan fingerprint density at radius 3 is 2.65 bits per heavy atom. The van der Waals surface area contributed by atoms with E-state index in [2.05, 4.69) is 35.7 Å². The highest BCUT2D eigenvalue weighted by atomic mass is 79.9. The van der Waals surface area contributed by atoms with Crippen molar-refractivity contribution >= 4 is 43.4 Å². The first kappa shape index (κ1) is 18.3. The van der Waals surface area contributed by atoms with Gasteiger partial charge in [-0.2, -0.15) is 13.4 Å². The van der Waals surface area contributed by atoms with Crippen LogP contribution < -0.4 is 4.72 Å². The highest BCUT2D eigenvalue weighted by molar-refractivity contribution is 9.10. The molecule has 0 saturated heterocycles. The van der Waals surface area contributed by atoms with E-state index in [0.717, 1.165) is 0 Å². The fourth-order valence-corrected chi connectivity index (χ4v) is 4.10. The molecule has 0 spiro atoms. The zero-order valence-corrected chi connectivity index (χ0v) is 16.4. The van der Waals surface area contributed by atoms with E-state index in [1.807, 2.05) is 0 Å². The standard InChI is InChI=1S/C15H14BrN5O4S/c1-8-4-5-10(13(22)25-3)11(16)12(8)20-26(23,24)15-18-14-17-7-6-9(2)21(14)19-15/h4-7,20H,1-3H3. The third-order valence-corrected chi connectivity index (χ3v) is 5.59. The molecule has 0 unspecified atom stereocenters. The first-order valence-corrected chi connectivity index (χ1v) is 9.61. The number of aryl methyl sites for hydroxylation is 2. The lowest BCUT2D eigenvalue weighted by Gasteiger charge is -2.13. The summed E-state index contributed by atoms with van der Waals surface area (Å²) in [6.45, 7) is 3.46. The maximum Gasteiger partial charge on any atom is 0.339 e. The summed E-state index contributed by atoms with van der Waals surface area (Å²) in [4.78, 5) is 19.8. The maximum absolute atomic E-state index is 12.7. The molecule has 0 atom stereocenters. The van der Waals surface area contributed by atoms with E-state index in [1.165, 1.54) is 17.8 Å². The van der Waals surface area contributed by atoms with Gasteiger partial charge < -0.3 is 4.74 Å². The quantitative estimate of drug-likeness (QED) is 0.618. The number of rotatable bonds is 4. The number of ether oxygens (including phenoxy) is 1. The van der Waals surface area contributed by atoms with E-state index >= 15 is 0 Å². The number of methoxy groups -OCH3 is 1. The van der Waals surface area contributed by atoms with Gasteiger partial charge in [-0.05, 0) is 47.5 Å². The molecule has 0 radical (unpaired) electrons. The van der Waals surface area contributed by atoms with Crippen LogP contribution in [0.15, 0.2) is 34.0 Å². The van der Waals surface area contributed by atoms with Crippen molar-refractivity contribution in [2.24, 2.45) is 0 Å². The minimum absolute atomic E-state index is 0.171. The van der Waals surface area contributed by atoms with E-state index in [4.69, 9.17) is 4.74 Å². The second-order valence-electron chi connectivity index (χ2n) is 5.41. The highest BCUT2D eigenvalue weighted by Crippen LogP contribution is 2.32. The summed E-state index contributed by atoms with van der Waals surface area (Å²) in [6, 6.07) is 4.84. The summed E-state index contributed by atoms with van der Waals surface area (Å²) in [6.07, 6.45) is 1.52. The number of esters is 1. The Kier molecular flexibility index (Phi) is 4.67. The Bertz CT molecular complexity index is 1130. The highest BCUT2D eigenvalue weighted by Gasteiger charge is 2.25. The summed E-state index contributed by atoms with van der Waals surface area (Å²) < 4.78 is 34.2. The van der Waals surface area contributed by atoms with Gasteiger partial charge in [0.2, 0.25) is 0 Å². The van der Waals surface area contributed by atoms with Gasteiger partial charge >= 0.3 is 5.97 Å². The number of carbonyl (C=O) groups excluding carboxylic acids is 1. The SMILES string of the molecule is COC(=O)c1ccc(C)c(NS(=O)(=O)c2nc3nccc(C)n3n2)c1Br. The van der Waals surface area contributed by atoms with Crippen LogP contribution in [0.5, 0.6) is 0 Å². The van der Waals surface area contributed by atoms with Crippen molar-refractivity contribution in [3.8, 4) is 0 Å². The number of halogens is 1. The minimum atomic E-state index is -4.10. The monoisotopic (exact) mass is 439 g/mol. The van der Waals surface area contributed by atoms with Crippen molar-refractivity contribution in [2.45, 2.75) is 19.0 Å². The Morgan fingerprint density at radius 1 is 1.27 bits per heavy atom. The zero-order valence-electron chi connectivity index (χ0n) is 14.0. The van der Waals surface area contributed by atoms with E-state index in [1.54, 1.807) is 32.0 Å². The molecule has 11 heteroatoms. The Labute approximate surface area is 157 Å². The van der Waals surface area contributed by atoms with Crippen molar-refractivity contribution in [1.82, 2.24) is 19.6 Å². The molecule has 0 aliphatic rings. The van der Waals surface area contributed by atoms with Crippen LogP contribution in [-0.4, -0.2) is 41.1 Å². The van der Waals surface area contributed by atoms with E-state index < -0.39 is 21.1 Å². The first-order chi connectivity index (χ1) is 12.2. The molecular formula is C15H14BrN5O4S. The molecule has 1 N–H and O–H groups in total. The molecule has 26 heavy (non-hydrogen) atoms. The number of carbonyl (C=O) groups is 1. The minimum Gasteiger partial charge on any atom is -0.465 e. The molecule has 2 aromatic heterocycles. The lowest BCUT2D eigenvalue weighted by Crippen LogP contribution is -2.17. The van der Waals surface area contributed by atoms with Crippen molar-refractivity contribution < 1.29 is 17.9 Å². The number of nitrogens with zero attached hydrogens (tertiary/aromatic N) is 4. The second-order valence-corrected chi connectivity index (χ2v) is 7.78. The van der Waals surface area contributed by atoms with Gasteiger partial charge in [-0.15, -0.1) is 5.10 Å². The molecule has 0 aliphatic carbocycles. The summed E-state index contributed by atoms with van der Waals surface area (Å²) in [5, 5.41) is 3.58. The van der Waals surface area contributed by atoms with Gasteiger partial charge in [0.05, 0.1) is 22.8 Å². The third-order valence-electron chi connectivity index (χ3n) is 3.64. The van der Waals surface area contributed by atoms with Gasteiger partial charge in [0, 0.05) is 11.9 Å². The number of benzene rings is 1. The number of hydrogen-bond donors (Lipinski definition) is 1. The molecule has 2 heterocycles. The average molecular weight is 440 g/mol. The van der Waals surface area contributed by atoms with Gasteiger partial charge in [-0.25, -0.2) is 14.3 Å². The van der Waals surface area contributed by atoms with Crippen LogP contribution in [0.2, 0.25) is 0 Å². The van der Waals surface area contributed by atoms with Crippen LogP contribution in [0.4, 0.5) is 5.69 Å². The molecule has 1 aromatic carbocycles.